The second-order valence-corrected chi connectivity index (χ2v) is 7.60. The first-order valence-corrected chi connectivity index (χ1v) is 10.0. The molecule has 27 heavy (non-hydrogen) atoms. The molecule has 1 amide bonds. The van der Waals surface area contributed by atoms with Gasteiger partial charge in [0.15, 0.2) is 0 Å². The number of carbonyl (C=O) groups excluding carboxylic acids is 1. The zero-order valence-electron chi connectivity index (χ0n) is 14.9. The summed E-state index contributed by atoms with van der Waals surface area (Å²) in [5.74, 6) is 1.73. The van der Waals surface area contributed by atoms with Crippen LogP contribution < -0.4 is 15.0 Å². The number of nitrogens with one attached hydrogen (secondary N) is 1. The number of rotatable bonds is 7. The zero-order chi connectivity index (χ0) is 19.1. The molecule has 0 atom stereocenters. The molecule has 8 heteroatoms. The highest BCUT2D eigenvalue weighted by molar-refractivity contribution is 9.10. The Bertz CT molecular complexity index is 734. The number of nitrogens with zero attached hydrogens (tertiary/aromatic N) is 3. The van der Waals surface area contributed by atoms with Crippen LogP contribution in [-0.4, -0.2) is 61.7 Å². The minimum atomic E-state index is 0.0184. The van der Waals surface area contributed by atoms with Crippen molar-refractivity contribution >= 4 is 39.3 Å². The summed E-state index contributed by atoms with van der Waals surface area (Å²) in [7, 11) is 0. The van der Waals surface area contributed by atoms with E-state index >= 15 is 0 Å². The van der Waals surface area contributed by atoms with Gasteiger partial charge in [0.2, 0.25) is 5.91 Å². The Morgan fingerprint density at radius 1 is 1.15 bits per heavy atom. The van der Waals surface area contributed by atoms with Gasteiger partial charge in [-0.15, -0.1) is 0 Å². The van der Waals surface area contributed by atoms with Crippen LogP contribution in [0.2, 0.25) is 5.02 Å². The SMILES string of the molecule is O=C(CN1CCN(c2ccc(Br)cn2)CC1)NCCOc1ccc(Cl)cc1. The lowest BCUT2D eigenvalue weighted by Gasteiger charge is -2.35. The van der Waals surface area contributed by atoms with Crippen LogP contribution in [0.25, 0.3) is 0 Å². The number of benzene rings is 1. The molecule has 2 aromatic rings. The van der Waals surface area contributed by atoms with E-state index in [2.05, 4.69) is 36.0 Å². The Morgan fingerprint density at radius 3 is 2.56 bits per heavy atom. The van der Waals surface area contributed by atoms with Gasteiger partial charge in [-0.05, 0) is 52.3 Å². The van der Waals surface area contributed by atoms with Gasteiger partial charge in [-0.2, -0.15) is 0 Å². The molecule has 0 spiro atoms. The molecule has 1 aromatic carbocycles. The first-order chi connectivity index (χ1) is 13.1. The molecule has 6 nitrogen and oxygen atoms in total. The minimum Gasteiger partial charge on any atom is -0.492 e. The van der Waals surface area contributed by atoms with Crippen molar-refractivity contribution in [3.05, 3.63) is 52.1 Å². The van der Waals surface area contributed by atoms with Gasteiger partial charge in [-0.25, -0.2) is 4.98 Å². The summed E-state index contributed by atoms with van der Waals surface area (Å²) >= 11 is 9.23. The molecule has 2 heterocycles. The van der Waals surface area contributed by atoms with Gasteiger partial charge in [0, 0.05) is 41.9 Å². The number of pyridine rings is 1. The summed E-state index contributed by atoms with van der Waals surface area (Å²) in [4.78, 5) is 20.9. The predicted molar refractivity (Wildman–Crippen MR) is 111 cm³/mol. The van der Waals surface area contributed by atoms with Gasteiger partial charge >= 0.3 is 0 Å². The molecular weight excluding hydrogens is 432 g/mol. The largest absolute Gasteiger partial charge is 0.492 e. The molecule has 0 unspecified atom stereocenters. The monoisotopic (exact) mass is 452 g/mol. The highest BCUT2D eigenvalue weighted by Crippen LogP contribution is 2.17. The lowest BCUT2D eigenvalue weighted by molar-refractivity contribution is -0.122. The molecule has 1 saturated heterocycles. The topological polar surface area (TPSA) is 57.7 Å². The van der Waals surface area contributed by atoms with Crippen molar-refractivity contribution in [1.29, 1.82) is 0 Å². The number of halogens is 2. The van der Waals surface area contributed by atoms with E-state index in [0.717, 1.165) is 42.2 Å². The van der Waals surface area contributed by atoms with E-state index in [1.165, 1.54) is 0 Å². The standard InChI is InChI=1S/C19H22BrClN4O2/c20-15-1-6-18(23-13-15)25-10-8-24(9-11-25)14-19(26)22-7-12-27-17-4-2-16(21)3-5-17/h1-6,13H,7-12,14H2,(H,22,26). The van der Waals surface area contributed by atoms with Crippen molar-refractivity contribution < 1.29 is 9.53 Å². The van der Waals surface area contributed by atoms with Gasteiger partial charge in [-0.1, -0.05) is 11.6 Å². The molecule has 1 aliphatic rings. The zero-order valence-corrected chi connectivity index (χ0v) is 17.2. The molecule has 0 bridgehead atoms. The second kappa shape index (κ2) is 9.92. The van der Waals surface area contributed by atoms with Crippen LogP contribution in [0.5, 0.6) is 5.75 Å². The summed E-state index contributed by atoms with van der Waals surface area (Å²) in [6.45, 7) is 4.71. The van der Waals surface area contributed by atoms with E-state index in [1.807, 2.05) is 24.3 Å². The average Bonchev–Trinajstić information content (AvgIpc) is 2.68. The number of carbonyl (C=O) groups is 1. The van der Waals surface area contributed by atoms with E-state index in [0.29, 0.717) is 24.7 Å². The molecule has 1 aliphatic heterocycles. The number of ether oxygens (including phenoxy) is 1. The minimum absolute atomic E-state index is 0.0184. The maximum Gasteiger partial charge on any atom is 0.234 e. The van der Waals surface area contributed by atoms with E-state index in [1.54, 1.807) is 18.3 Å². The van der Waals surface area contributed by atoms with E-state index < -0.39 is 0 Å². The van der Waals surface area contributed by atoms with E-state index in [9.17, 15) is 4.79 Å². The molecule has 1 N–H and O–H groups in total. The Balaban J connectivity index is 1.32. The van der Waals surface area contributed by atoms with Gasteiger partial charge < -0.3 is 15.0 Å². The summed E-state index contributed by atoms with van der Waals surface area (Å²) in [6, 6.07) is 11.2. The molecule has 0 aliphatic carbocycles. The maximum absolute atomic E-state index is 12.1. The Kier molecular flexibility index (Phi) is 7.32. The van der Waals surface area contributed by atoms with Gasteiger partial charge in [0.1, 0.15) is 18.2 Å². The fourth-order valence-corrected chi connectivity index (χ4v) is 3.20. The van der Waals surface area contributed by atoms with Gasteiger partial charge in [-0.3, -0.25) is 9.69 Å². The molecule has 1 fully saturated rings. The number of anilines is 1. The molecular formula is C19H22BrClN4O2. The third-order valence-corrected chi connectivity index (χ3v) is 5.00. The van der Waals surface area contributed by atoms with Crippen molar-refractivity contribution in [3.8, 4) is 5.75 Å². The molecule has 0 saturated carbocycles. The lowest BCUT2D eigenvalue weighted by Crippen LogP contribution is -2.50. The van der Waals surface area contributed by atoms with E-state index in [-0.39, 0.29) is 5.91 Å². The van der Waals surface area contributed by atoms with Crippen molar-refractivity contribution in [2.45, 2.75) is 0 Å². The van der Waals surface area contributed by atoms with Crippen LogP contribution >= 0.6 is 27.5 Å². The van der Waals surface area contributed by atoms with Crippen LogP contribution in [0.15, 0.2) is 47.1 Å². The summed E-state index contributed by atoms with van der Waals surface area (Å²) in [5, 5.41) is 3.57. The maximum atomic E-state index is 12.1. The quantitative estimate of drug-likeness (QED) is 0.653. The fraction of sp³-hybridized carbons (Fsp3) is 0.368. The highest BCUT2D eigenvalue weighted by atomic mass is 79.9. The van der Waals surface area contributed by atoms with Crippen molar-refractivity contribution in [2.24, 2.45) is 0 Å². The lowest BCUT2D eigenvalue weighted by atomic mass is 10.3. The third kappa shape index (κ3) is 6.37. The smallest absolute Gasteiger partial charge is 0.234 e. The van der Waals surface area contributed by atoms with Gasteiger partial charge in [0.25, 0.3) is 0 Å². The van der Waals surface area contributed by atoms with Crippen molar-refractivity contribution in [2.75, 3.05) is 50.8 Å². The number of hydrogen-bond donors (Lipinski definition) is 1. The van der Waals surface area contributed by atoms with Crippen LogP contribution in [0.4, 0.5) is 5.82 Å². The van der Waals surface area contributed by atoms with Gasteiger partial charge in [0.05, 0.1) is 13.1 Å². The number of hydrogen-bond acceptors (Lipinski definition) is 5. The van der Waals surface area contributed by atoms with Crippen LogP contribution in [0, 0.1) is 0 Å². The first kappa shape index (κ1) is 19.9. The second-order valence-electron chi connectivity index (χ2n) is 6.25. The number of aromatic nitrogens is 1. The van der Waals surface area contributed by atoms with Crippen LogP contribution in [0.1, 0.15) is 0 Å². The Labute approximate surface area is 172 Å². The summed E-state index contributed by atoms with van der Waals surface area (Å²) in [6.07, 6.45) is 1.81. The van der Waals surface area contributed by atoms with E-state index in [4.69, 9.17) is 16.3 Å². The van der Waals surface area contributed by atoms with Crippen LogP contribution in [-0.2, 0) is 4.79 Å². The summed E-state index contributed by atoms with van der Waals surface area (Å²) < 4.78 is 6.54. The number of piperazine rings is 1. The fourth-order valence-electron chi connectivity index (χ4n) is 2.84. The molecule has 0 radical (unpaired) electrons. The predicted octanol–water partition coefficient (Wildman–Crippen LogP) is 2.81. The Hall–Kier alpha value is -1.83. The summed E-state index contributed by atoms with van der Waals surface area (Å²) in [5.41, 5.74) is 0. The van der Waals surface area contributed by atoms with Crippen LogP contribution in [0.3, 0.4) is 0 Å². The highest BCUT2D eigenvalue weighted by Gasteiger charge is 2.19. The number of amides is 1. The normalized spacial score (nSPS) is 14.8. The third-order valence-electron chi connectivity index (χ3n) is 4.28. The average molecular weight is 454 g/mol. The van der Waals surface area contributed by atoms with Crippen molar-refractivity contribution in [3.63, 3.8) is 0 Å². The molecule has 3 rings (SSSR count). The Morgan fingerprint density at radius 2 is 1.89 bits per heavy atom. The molecule has 144 valence electrons. The molecule has 1 aromatic heterocycles. The first-order valence-electron chi connectivity index (χ1n) is 8.84. The van der Waals surface area contributed by atoms with Crippen molar-refractivity contribution in [1.82, 2.24) is 15.2 Å².